The van der Waals surface area contributed by atoms with Crippen LogP contribution in [0.5, 0.6) is 0 Å². The molecule has 1 N–H and O–H groups in total. The molecule has 0 amide bonds. The second-order valence-corrected chi connectivity index (χ2v) is 6.85. The minimum absolute atomic E-state index is 0.587. The zero-order valence-corrected chi connectivity index (χ0v) is 13.2. The molecule has 1 aromatic heterocycles. The van der Waals surface area contributed by atoms with E-state index in [2.05, 4.69) is 47.2 Å². The Bertz CT molecular complexity index is 572. The summed E-state index contributed by atoms with van der Waals surface area (Å²) in [6, 6.07) is 7.07. The van der Waals surface area contributed by atoms with Crippen molar-refractivity contribution in [2.75, 3.05) is 25.0 Å². The zero-order chi connectivity index (χ0) is 13.9. The topological polar surface area (TPSA) is 28.2 Å². The number of benzene rings is 1. The van der Waals surface area contributed by atoms with Gasteiger partial charge in [-0.05, 0) is 57.5 Å². The van der Waals surface area contributed by atoms with Crippen LogP contribution >= 0.6 is 11.3 Å². The molecule has 108 valence electrons. The van der Waals surface area contributed by atoms with Gasteiger partial charge >= 0.3 is 0 Å². The normalized spacial score (nSPS) is 18.3. The number of anilines is 1. The number of nitrogens with zero attached hydrogens (tertiary/aromatic N) is 2. The van der Waals surface area contributed by atoms with Crippen molar-refractivity contribution in [1.29, 1.82) is 0 Å². The van der Waals surface area contributed by atoms with Crippen molar-refractivity contribution in [2.45, 2.75) is 39.2 Å². The Labute approximate surface area is 125 Å². The third-order valence-electron chi connectivity index (χ3n) is 4.11. The van der Waals surface area contributed by atoms with Crippen LogP contribution in [0.4, 0.5) is 5.13 Å². The van der Waals surface area contributed by atoms with Gasteiger partial charge in [-0.2, -0.15) is 0 Å². The summed E-state index contributed by atoms with van der Waals surface area (Å²) >= 11 is 1.75. The van der Waals surface area contributed by atoms with E-state index < -0.39 is 0 Å². The molecule has 1 aliphatic rings. The summed E-state index contributed by atoms with van der Waals surface area (Å²) in [7, 11) is 0. The van der Waals surface area contributed by atoms with Crippen LogP contribution in [0.25, 0.3) is 10.2 Å². The maximum atomic E-state index is 4.68. The van der Waals surface area contributed by atoms with E-state index >= 15 is 0 Å². The van der Waals surface area contributed by atoms with Crippen molar-refractivity contribution in [2.24, 2.45) is 0 Å². The van der Waals surface area contributed by atoms with E-state index in [1.165, 1.54) is 42.6 Å². The van der Waals surface area contributed by atoms with Gasteiger partial charge in [0.1, 0.15) is 0 Å². The molecule has 4 heteroatoms. The summed E-state index contributed by atoms with van der Waals surface area (Å²) in [5.41, 5.74) is 2.39. The Kier molecular flexibility index (Phi) is 4.22. The molecule has 2 heterocycles. The van der Waals surface area contributed by atoms with Crippen molar-refractivity contribution in [3.8, 4) is 0 Å². The number of nitrogens with one attached hydrogen (secondary N) is 1. The number of aromatic nitrogens is 1. The molecule has 0 saturated carbocycles. The third-order valence-corrected chi connectivity index (χ3v) is 5.10. The van der Waals surface area contributed by atoms with Gasteiger partial charge in [-0.3, -0.25) is 4.90 Å². The molecule has 0 aliphatic carbocycles. The van der Waals surface area contributed by atoms with Gasteiger partial charge in [0.05, 0.1) is 10.2 Å². The summed E-state index contributed by atoms with van der Waals surface area (Å²) < 4.78 is 1.27. The molecular weight excluding hydrogens is 266 g/mol. The SMILES string of the molecule is Cc1ccc2sc(NCC(C)N3CCCCC3)nc2c1. The van der Waals surface area contributed by atoms with Gasteiger partial charge in [0.15, 0.2) is 5.13 Å². The van der Waals surface area contributed by atoms with Crippen LogP contribution in [0, 0.1) is 6.92 Å². The first-order valence-electron chi connectivity index (χ1n) is 7.57. The number of aryl methyl sites for hydroxylation is 1. The molecule has 20 heavy (non-hydrogen) atoms. The molecule has 0 spiro atoms. The molecule has 1 unspecified atom stereocenters. The summed E-state index contributed by atoms with van der Waals surface area (Å²) in [6.07, 6.45) is 4.10. The Hall–Kier alpha value is -1.13. The summed E-state index contributed by atoms with van der Waals surface area (Å²) in [5.74, 6) is 0. The van der Waals surface area contributed by atoms with Gasteiger partial charge in [-0.1, -0.05) is 23.8 Å². The molecule has 2 aromatic rings. The molecule has 3 nitrogen and oxygen atoms in total. The highest BCUT2D eigenvalue weighted by molar-refractivity contribution is 7.22. The third kappa shape index (κ3) is 3.13. The Morgan fingerprint density at radius 1 is 1.30 bits per heavy atom. The van der Waals surface area contributed by atoms with Gasteiger partial charge in [0.25, 0.3) is 0 Å². The van der Waals surface area contributed by atoms with Crippen LogP contribution in [0.15, 0.2) is 18.2 Å². The van der Waals surface area contributed by atoms with E-state index in [0.717, 1.165) is 17.2 Å². The van der Waals surface area contributed by atoms with Gasteiger partial charge in [-0.15, -0.1) is 0 Å². The molecule has 1 fully saturated rings. The van der Waals surface area contributed by atoms with Gasteiger partial charge < -0.3 is 5.32 Å². The van der Waals surface area contributed by atoms with E-state index in [1.807, 2.05) is 0 Å². The first kappa shape index (κ1) is 13.8. The second-order valence-electron chi connectivity index (χ2n) is 5.82. The van der Waals surface area contributed by atoms with Crippen LogP contribution in [-0.4, -0.2) is 35.6 Å². The molecule has 1 saturated heterocycles. The quantitative estimate of drug-likeness (QED) is 0.925. The number of rotatable bonds is 4. The first-order chi connectivity index (χ1) is 9.72. The Balaban J connectivity index is 1.61. The molecular formula is C16H23N3S. The highest BCUT2D eigenvalue weighted by atomic mass is 32.1. The standard InChI is InChI=1S/C16H23N3S/c1-12-6-7-15-14(10-12)18-16(20-15)17-11-13(2)19-8-4-3-5-9-19/h6-7,10,13H,3-5,8-9,11H2,1-2H3,(H,17,18). The number of hydrogen-bond acceptors (Lipinski definition) is 4. The second kappa shape index (κ2) is 6.10. The predicted molar refractivity (Wildman–Crippen MR) is 87.7 cm³/mol. The van der Waals surface area contributed by atoms with Crippen molar-refractivity contribution < 1.29 is 0 Å². The highest BCUT2D eigenvalue weighted by Crippen LogP contribution is 2.26. The van der Waals surface area contributed by atoms with Crippen LogP contribution in [0.2, 0.25) is 0 Å². The minimum Gasteiger partial charge on any atom is -0.360 e. The van der Waals surface area contributed by atoms with Gasteiger partial charge in [0.2, 0.25) is 0 Å². The Morgan fingerprint density at radius 2 is 2.10 bits per heavy atom. The maximum absolute atomic E-state index is 4.68. The summed E-state index contributed by atoms with van der Waals surface area (Å²) in [6.45, 7) is 7.92. The van der Waals surface area contributed by atoms with Crippen LogP contribution in [-0.2, 0) is 0 Å². The molecule has 1 aromatic carbocycles. The van der Waals surface area contributed by atoms with Crippen molar-refractivity contribution in [3.05, 3.63) is 23.8 Å². The fraction of sp³-hybridized carbons (Fsp3) is 0.562. The van der Waals surface area contributed by atoms with E-state index in [1.54, 1.807) is 11.3 Å². The van der Waals surface area contributed by atoms with Gasteiger partial charge in [-0.25, -0.2) is 4.98 Å². The number of thiazole rings is 1. The molecule has 0 radical (unpaired) electrons. The van der Waals surface area contributed by atoms with E-state index in [4.69, 9.17) is 0 Å². The number of hydrogen-bond donors (Lipinski definition) is 1. The lowest BCUT2D eigenvalue weighted by Gasteiger charge is -2.32. The Morgan fingerprint density at radius 3 is 2.90 bits per heavy atom. The largest absolute Gasteiger partial charge is 0.360 e. The predicted octanol–water partition coefficient (Wildman–Crippen LogP) is 3.89. The lowest BCUT2D eigenvalue weighted by atomic mass is 10.1. The fourth-order valence-corrected chi connectivity index (χ4v) is 3.69. The lowest BCUT2D eigenvalue weighted by Crippen LogP contribution is -2.41. The fourth-order valence-electron chi connectivity index (χ4n) is 2.84. The van der Waals surface area contributed by atoms with Crippen LogP contribution in [0.1, 0.15) is 31.7 Å². The molecule has 1 aliphatic heterocycles. The van der Waals surface area contributed by atoms with E-state index in [0.29, 0.717) is 6.04 Å². The maximum Gasteiger partial charge on any atom is 0.183 e. The zero-order valence-electron chi connectivity index (χ0n) is 12.4. The average molecular weight is 289 g/mol. The number of piperidine rings is 1. The number of likely N-dealkylation sites (tertiary alicyclic amines) is 1. The lowest BCUT2D eigenvalue weighted by molar-refractivity contribution is 0.180. The van der Waals surface area contributed by atoms with Crippen molar-refractivity contribution in [3.63, 3.8) is 0 Å². The van der Waals surface area contributed by atoms with Gasteiger partial charge in [0, 0.05) is 12.6 Å². The molecule has 3 rings (SSSR count). The van der Waals surface area contributed by atoms with Crippen LogP contribution in [0.3, 0.4) is 0 Å². The van der Waals surface area contributed by atoms with E-state index in [9.17, 15) is 0 Å². The molecule has 0 bridgehead atoms. The van der Waals surface area contributed by atoms with E-state index in [-0.39, 0.29) is 0 Å². The highest BCUT2D eigenvalue weighted by Gasteiger charge is 2.16. The average Bonchev–Trinajstić information content (AvgIpc) is 2.87. The minimum atomic E-state index is 0.587. The smallest absolute Gasteiger partial charge is 0.183 e. The summed E-state index contributed by atoms with van der Waals surface area (Å²) in [5, 5.41) is 4.57. The van der Waals surface area contributed by atoms with Crippen LogP contribution < -0.4 is 5.32 Å². The summed E-state index contributed by atoms with van der Waals surface area (Å²) in [4.78, 5) is 7.27. The first-order valence-corrected chi connectivity index (χ1v) is 8.39. The van der Waals surface area contributed by atoms with Crippen molar-refractivity contribution in [1.82, 2.24) is 9.88 Å². The number of fused-ring (bicyclic) bond motifs is 1. The van der Waals surface area contributed by atoms with Crippen molar-refractivity contribution >= 4 is 26.7 Å². The molecule has 1 atom stereocenters. The monoisotopic (exact) mass is 289 g/mol.